The first-order valence-corrected chi connectivity index (χ1v) is 8.23. The van der Waals surface area contributed by atoms with Crippen molar-refractivity contribution >= 4 is 17.0 Å². The molecule has 1 aromatic carbocycles. The Morgan fingerprint density at radius 2 is 2.09 bits per heavy atom. The van der Waals surface area contributed by atoms with Gasteiger partial charge in [0.2, 0.25) is 0 Å². The lowest BCUT2D eigenvalue weighted by Gasteiger charge is -2.31. The highest BCUT2D eigenvalue weighted by Gasteiger charge is 2.16. The molecule has 2 aromatic rings. The molecule has 1 aromatic heterocycles. The van der Waals surface area contributed by atoms with Crippen LogP contribution in [0.5, 0.6) is 0 Å². The van der Waals surface area contributed by atoms with E-state index >= 15 is 0 Å². The van der Waals surface area contributed by atoms with E-state index in [1.165, 1.54) is 4.88 Å². The molecule has 0 radical (unpaired) electrons. The van der Waals surface area contributed by atoms with Gasteiger partial charge in [0, 0.05) is 54.1 Å². The first-order chi connectivity index (χ1) is 10.6. The molecule has 0 amide bonds. The number of thiophene rings is 1. The van der Waals surface area contributed by atoms with Gasteiger partial charge in [0.1, 0.15) is 0 Å². The van der Waals surface area contributed by atoms with Crippen molar-refractivity contribution in [2.75, 3.05) is 19.6 Å². The molecule has 5 nitrogen and oxygen atoms in total. The van der Waals surface area contributed by atoms with Crippen molar-refractivity contribution in [3.63, 3.8) is 0 Å². The maximum absolute atomic E-state index is 10.7. The summed E-state index contributed by atoms with van der Waals surface area (Å²) in [6.45, 7) is 6.38. The molecular weight excluding hydrogens is 298 g/mol. The number of nitrogens with one attached hydrogen (secondary N) is 1. The van der Waals surface area contributed by atoms with Crippen molar-refractivity contribution in [2.24, 2.45) is 0 Å². The van der Waals surface area contributed by atoms with Crippen molar-refractivity contribution in [3.8, 4) is 10.4 Å². The smallest absolute Gasteiger partial charge is 0.269 e. The average Bonchev–Trinajstić information content (AvgIpc) is 2.96. The van der Waals surface area contributed by atoms with E-state index in [9.17, 15) is 10.1 Å². The van der Waals surface area contributed by atoms with E-state index in [2.05, 4.69) is 29.3 Å². The Balaban J connectivity index is 1.69. The fraction of sp³-hybridized carbons (Fsp3) is 0.375. The normalized spacial score (nSPS) is 19.2. The number of nitrogens with zero attached hydrogens (tertiary/aromatic N) is 2. The fourth-order valence-corrected chi connectivity index (χ4v) is 3.80. The SMILES string of the molecule is C[C@H]1CN(Cc2ccc(-c3ccc([N+](=O)[O-])cc3)s2)CCN1. The van der Waals surface area contributed by atoms with Crippen molar-refractivity contribution < 1.29 is 4.92 Å². The van der Waals surface area contributed by atoms with E-state index in [1.54, 1.807) is 23.5 Å². The Bertz CT molecular complexity index is 654. The Morgan fingerprint density at radius 3 is 2.77 bits per heavy atom. The molecule has 1 aliphatic heterocycles. The summed E-state index contributed by atoms with van der Waals surface area (Å²) in [4.78, 5) is 15.3. The van der Waals surface area contributed by atoms with Crippen molar-refractivity contribution in [1.82, 2.24) is 10.2 Å². The Morgan fingerprint density at radius 1 is 1.32 bits per heavy atom. The minimum Gasteiger partial charge on any atom is -0.312 e. The van der Waals surface area contributed by atoms with Gasteiger partial charge in [-0.3, -0.25) is 15.0 Å². The van der Waals surface area contributed by atoms with E-state index in [0.717, 1.165) is 36.6 Å². The highest BCUT2D eigenvalue weighted by atomic mass is 32.1. The molecule has 6 heteroatoms. The largest absolute Gasteiger partial charge is 0.312 e. The third-order valence-electron chi connectivity index (χ3n) is 3.86. The highest BCUT2D eigenvalue weighted by Crippen LogP contribution is 2.30. The van der Waals surface area contributed by atoms with E-state index < -0.39 is 0 Å². The third kappa shape index (κ3) is 3.52. The van der Waals surface area contributed by atoms with Crippen LogP contribution < -0.4 is 5.32 Å². The molecule has 0 saturated carbocycles. The number of hydrogen-bond acceptors (Lipinski definition) is 5. The molecule has 0 spiro atoms. The second-order valence-electron chi connectivity index (χ2n) is 5.66. The summed E-state index contributed by atoms with van der Waals surface area (Å²) in [5, 5.41) is 14.1. The molecule has 0 bridgehead atoms. The van der Waals surface area contributed by atoms with Crippen molar-refractivity contribution in [2.45, 2.75) is 19.5 Å². The predicted octanol–water partition coefficient (Wildman–Crippen LogP) is 3.12. The summed E-state index contributed by atoms with van der Waals surface area (Å²) in [6.07, 6.45) is 0. The topological polar surface area (TPSA) is 58.4 Å². The fourth-order valence-electron chi connectivity index (χ4n) is 2.74. The van der Waals surface area contributed by atoms with Gasteiger partial charge >= 0.3 is 0 Å². The van der Waals surface area contributed by atoms with Gasteiger partial charge in [-0.05, 0) is 36.8 Å². The minimum absolute atomic E-state index is 0.135. The molecule has 0 unspecified atom stereocenters. The van der Waals surface area contributed by atoms with Crippen molar-refractivity contribution in [3.05, 3.63) is 51.4 Å². The van der Waals surface area contributed by atoms with Gasteiger partial charge in [0.15, 0.2) is 0 Å². The van der Waals surface area contributed by atoms with Gasteiger partial charge in [-0.2, -0.15) is 0 Å². The van der Waals surface area contributed by atoms with Crippen molar-refractivity contribution in [1.29, 1.82) is 0 Å². The number of non-ortho nitro benzene ring substituents is 1. The van der Waals surface area contributed by atoms with Crippen LogP contribution in [-0.4, -0.2) is 35.5 Å². The molecule has 2 heterocycles. The van der Waals surface area contributed by atoms with Crippen LogP contribution in [0.15, 0.2) is 36.4 Å². The number of nitro groups is 1. The summed E-state index contributed by atoms with van der Waals surface area (Å²) in [5.74, 6) is 0. The highest BCUT2D eigenvalue weighted by molar-refractivity contribution is 7.15. The zero-order valence-electron chi connectivity index (χ0n) is 12.5. The third-order valence-corrected chi connectivity index (χ3v) is 4.98. The quantitative estimate of drug-likeness (QED) is 0.695. The van der Waals surface area contributed by atoms with Crippen LogP contribution in [0.3, 0.4) is 0 Å². The van der Waals surface area contributed by atoms with Crippen LogP contribution in [0.4, 0.5) is 5.69 Å². The number of piperazine rings is 1. The Hall–Kier alpha value is -1.76. The maximum atomic E-state index is 10.7. The molecule has 3 rings (SSSR count). The summed E-state index contributed by atoms with van der Waals surface area (Å²) >= 11 is 1.76. The van der Waals surface area contributed by atoms with Gasteiger partial charge in [-0.1, -0.05) is 0 Å². The van der Waals surface area contributed by atoms with Crippen LogP contribution in [0.2, 0.25) is 0 Å². The summed E-state index contributed by atoms with van der Waals surface area (Å²) in [5.41, 5.74) is 1.17. The first kappa shape index (κ1) is 15.1. The van der Waals surface area contributed by atoms with Crippen LogP contribution >= 0.6 is 11.3 Å². The molecular formula is C16H19N3O2S. The Labute approximate surface area is 133 Å². The summed E-state index contributed by atoms with van der Waals surface area (Å²) in [6, 6.07) is 11.6. The zero-order valence-corrected chi connectivity index (χ0v) is 13.3. The van der Waals surface area contributed by atoms with E-state index in [-0.39, 0.29) is 10.6 Å². The number of benzene rings is 1. The van der Waals surface area contributed by atoms with Gasteiger partial charge in [0.25, 0.3) is 5.69 Å². The lowest BCUT2D eigenvalue weighted by atomic mass is 10.2. The molecule has 1 N–H and O–H groups in total. The lowest BCUT2D eigenvalue weighted by Crippen LogP contribution is -2.48. The van der Waals surface area contributed by atoms with E-state index in [1.807, 2.05) is 12.1 Å². The first-order valence-electron chi connectivity index (χ1n) is 7.41. The van der Waals surface area contributed by atoms with E-state index in [0.29, 0.717) is 6.04 Å². The second kappa shape index (κ2) is 6.56. The summed E-state index contributed by atoms with van der Waals surface area (Å²) in [7, 11) is 0. The monoisotopic (exact) mass is 317 g/mol. The molecule has 1 aliphatic rings. The van der Waals surface area contributed by atoms with Gasteiger partial charge in [-0.15, -0.1) is 11.3 Å². The van der Waals surface area contributed by atoms with Crippen LogP contribution in [-0.2, 0) is 6.54 Å². The van der Waals surface area contributed by atoms with E-state index in [4.69, 9.17) is 0 Å². The molecule has 0 aliphatic carbocycles. The molecule has 1 atom stereocenters. The van der Waals surface area contributed by atoms with Crippen LogP contribution in [0.25, 0.3) is 10.4 Å². The molecule has 1 fully saturated rings. The lowest BCUT2D eigenvalue weighted by molar-refractivity contribution is -0.384. The van der Waals surface area contributed by atoms with Gasteiger partial charge in [0.05, 0.1) is 4.92 Å². The minimum atomic E-state index is -0.366. The van der Waals surface area contributed by atoms with Gasteiger partial charge < -0.3 is 5.32 Å². The average molecular weight is 317 g/mol. The molecule has 1 saturated heterocycles. The maximum Gasteiger partial charge on any atom is 0.269 e. The van der Waals surface area contributed by atoms with Gasteiger partial charge in [-0.25, -0.2) is 0 Å². The van der Waals surface area contributed by atoms with Crippen LogP contribution in [0.1, 0.15) is 11.8 Å². The zero-order chi connectivity index (χ0) is 15.5. The summed E-state index contributed by atoms with van der Waals surface area (Å²) < 4.78 is 0. The number of rotatable bonds is 4. The van der Waals surface area contributed by atoms with Crippen LogP contribution in [0, 0.1) is 10.1 Å². The molecule has 22 heavy (non-hydrogen) atoms. The number of hydrogen-bond donors (Lipinski definition) is 1. The second-order valence-corrected chi connectivity index (χ2v) is 6.83. The predicted molar refractivity (Wildman–Crippen MR) is 89.2 cm³/mol. The standard InChI is InChI=1S/C16H19N3O2S/c1-12-10-18(9-8-17-12)11-15-6-7-16(22-15)13-2-4-14(5-3-13)19(20)21/h2-7,12,17H,8-11H2,1H3/t12-/m0/s1. The molecule has 116 valence electrons. The number of nitro benzene ring substituents is 1. The Kier molecular flexibility index (Phi) is 4.52.